The fourth-order valence-corrected chi connectivity index (χ4v) is 1.39. The summed E-state index contributed by atoms with van der Waals surface area (Å²) in [4.78, 5) is 0. The van der Waals surface area contributed by atoms with Crippen molar-refractivity contribution in [2.75, 3.05) is 20.0 Å². The van der Waals surface area contributed by atoms with E-state index in [-0.39, 0.29) is 0 Å². The van der Waals surface area contributed by atoms with Crippen LogP contribution in [0.25, 0.3) is 0 Å². The van der Waals surface area contributed by atoms with E-state index >= 15 is 0 Å². The van der Waals surface area contributed by atoms with E-state index in [1.807, 2.05) is 0 Å². The smallest absolute Gasteiger partial charge is 0.400 e. The summed E-state index contributed by atoms with van der Waals surface area (Å²) < 4.78 is 213. The minimum atomic E-state index is -6.02. The molecule has 24 heteroatoms. The van der Waals surface area contributed by atoms with Gasteiger partial charge in [0.25, 0.3) is 0 Å². The Morgan fingerprint density at radius 3 is 0.758 bits per heavy atom. The molecule has 1 saturated heterocycles. The van der Waals surface area contributed by atoms with E-state index in [0.29, 0.717) is 0 Å². The van der Waals surface area contributed by atoms with Crippen LogP contribution in [0, 0.1) is 0 Å². The van der Waals surface area contributed by atoms with E-state index in [0.717, 1.165) is 0 Å². The van der Waals surface area contributed by atoms with Crippen molar-refractivity contribution in [1.82, 2.24) is 0 Å². The molecular formula is C9H6B3F15O6. The minimum absolute atomic E-state index is 3.03. The van der Waals surface area contributed by atoms with Gasteiger partial charge in [0.2, 0.25) is 0 Å². The molecule has 1 aliphatic rings. The molecule has 0 atom stereocenters. The van der Waals surface area contributed by atoms with E-state index in [1.165, 1.54) is 0 Å². The van der Waals surface area contributed by atoms with Crippen LogP contribution in [0.5, 0.6) is 0 Å². The van der Waals surface area contributed by atoms with Gasteiger partial charge < -0.3 is 27.7 Å². The van der Waals surface area contributed by atoms with Crippen LogP contribution in [0.3, 0.4) is 0 Å². The molecule has 0 aromatic rings. The van der Waals surface area contributed by atoms with Crippen LogP contribution < -0.4 is 0 Å². The first kappa shape index (κ1) is 29.9. The predicted octanol–water partition coefficient (Wildman–Crippen LogP) is 3.65. The van der Waals surface area contributed by atoms with Crippen molar-refractivity contribution in [3.05, 3.63) is 0 Å². The third-order valence-corrected chi connectivity index (χ3v) is 3.18. The molecule has 0 saturated carbocycles. The monoisotopic (exact) mass is 528 g/mol. The molecular weight excluding hydrogens is 521 g/mol. The number of halogens is 15. The second kappa shape index (κ2) is 9.87. The van der Waals surface area contributed by atoms with Crippen molar-refractivity contribution in [3.63, 3.8) is 0 Å². The van der Waals surface area contributed by atoms with E-state index in [1.54, 1.807) is 0 Å². The summed E-state index contributed by atoms with van der Waals surface area (Å²) in [5.41, 5.74) is 0. The van der Waals surface area contributed by atoms with Crippen molar-refractivity contribution >= 4 is 22.0 Å². The third kappa shape index (κ3) is 6.74. The van der Waals surface area contributed by atoms with Crippen LogP contribution in [0.2, 0.25) is 0 Å². The Morgan fingerprint density at radius 1 is 0.424 bits per heavy atom. The van der Waals surface area contributed by atoms with Crippen molar-refractivity contribution in [1.29, 1.82) is 0 Å². The lowest BCUT2D eigenvalue weighted by Crippen LogP contribution is -2.61. The standard InChI is InChI=1S/C9H6B3F15O6/c13-1-4(16,17)7(22,23)28-10-31-11(29-8(24,25)5(18,19)2-14)33-12(32-10)30-9(26,27)6(20,21)3-15/h1-3H2. The van der Waals surface area contributed by atoms with Crippen molar-refractivity contribution in [2.45, 2.75) is 36.1 Å². The minimum Gasteiger partial charge on any atom is -0.400 e. The van der Waals surface area contributed by atoms with E-state index in [4.69, 9.17) is 0 Å². The van der Waals surface area contributed by atoms with E-state index < -0.39 is 78.1 Å². The Balaban J connectivity index is 3.19. The maximum Gasteiger partial charge on any atom is 0.619 e. The average Bonchev–Trinajstić information content (AvgIpc) is 2.66. The summed E-state index contributed by atoms with van der Waals surface area (Å²) in [5.74, 6) is -17.2. The largest absolute Gasteiger partial charge is 0.619 e. The van der Waals surface area contributed by atoms with Gasteiger partial charge in [-0.25, -0.2) is 13.2 Å². The fraction of sp³-hybridized carbons (Fsp3) is 1.00. The molecule has 0 aliphatic carbocycles. The molecule has 0 unspecified atom stereocenters. The molecule has 0 aromatic heterocycles. The predicted molar refractivity (Wildman–Crippen MR) is 71.4 cm³/mol. The number of alkyl halides is 15. The zero-order valence-electron chi connectivity index (χ0n) is 15.0. The summed E-state index contributed by atoms with van der Waals surface area (Å²) >= 11 is 0. The maximum atomic E-state index is 13.3. The molecule has 6 nitrogen and oxygen atoms in total. The van der Waals surface area contributed by atoms with Crippen LogP contribution in [0.4, 0.5) is 65.9 Å². The fourth-order valence-electron chi connectivity index (χ4n) is 1.39. The first-order valence-electron chi connectivity index (χ1n) is 7.61. The Kier molecular flexibility index (Phi) is 8.96. The van der Waals surface area contributed by atoms with Crippen LogP contribution in [0.1, 0.15) is 0 Å². The molecule has 0 bridgehead atoms. The molecule has 1 fully saturated rings. The highest BCUT2D eigenvalue weighted by atomic mass is 19.3. The highest BCUT2D eigenvalue weighted by Gasteiger charge is 2.67. The molecule has 192 valence electrons. The second-order valence-electron chi connectivity index (χ2n) is 5.69. The molecule has 33 heavy (non-hydrogen) atoms. The molecule has 0 spiro atoms. The van der Waals surface area contributed by atoms with Gasteiger partial charge in [-0.05, 0) is 0 Å². The number of hydrogen-bond donors (Lipinski definition) is 0. The summed E-state index contributed by atoms with van der Waals surface area (Å²) in [6.07, 6.45) is -18.1. The summed E-state index contributed by atoms with van der Waals surface area (Å²) in [6.45, 7) is -9.49. The summed E-state index contributed by atoms with van der Waals surface area (Å²) in [5, 5.41) is 0. The van der Waals surface area contributed by atoms with Crippen LogP contribution in [-0.4, -0.2) is 78.1 Å². The van der Waals surface area contributed by atoms with Gasteiger partial charge in [0.15, 0.2) is 20.0 Å². The second-order valence-corrected chi connectivity index (χ2v) is 5.69. The Bertz CT molecular complexity index is 565. The van der Waals surface area contributed by atoms with Crippen LogP contribution in [0.15, 0.2) is 0 Å². The Hall–Kier alpha value is -1.10. The van der Waals surface area contributed by atoms with Crippen LogP contribution in [-0.2, 0) is 27.7 Å². The highest BCUT2D eigenvalue weighted by molar-refractivity contribution is 6.67. The Morgan fingerprint density at radius 2 is 0.606 bits per heavy atom. The lowest BCUT2D eigenvalue weighted by atomic mass is 9.96. The lowest BCUT2D eigenvalue weighted by molar-refractivity contribution is -0.335. The van der Waals surface area contributed by atoms with E-state index in [2.05, 4.69) is 27.7 Å². The van der Waals surface area contributed by atoms with Gasteiger partial charge in [-0.3, -0.25) is 0 Å². The molecule has 0 radical (unpaired) electrons. The first-order valence-corrected chi connectivity index (χ1v) is 7.61. The zero-order chi connectivity index (χ0) is 26.1. The van der Waals surface area contributed by atoms with Gasteiger partial charge in [-0.1, -0.05) is 0 Å². The summed E-state index contributed by atoms with van der Waals surface area (Å²) in [6, 6.07) is 0. The van der Waals surface area contributed by atoms with Crippen molar-refractivity contribution < 1.29 is 93.5 Å². The Labute approximate surface area is 173 Å². The molecule has 1 rings (SSSR count). The summed E-state index contributed by atoms with van der Waals surface area (Å²) in [7, 11) is -11.2. The molecule has 0 aromatic carbocycles. The van der Waals surface area contributed by atoms with Gasteiger partial charge in [-0.2, -0.15) is 52.7 Å². The first-order chi connectivity index (χ1) is 14.7. The maximum absolute atomic E-state index is 13.3. The van der Waals surface area contributed by atoms with Crippen molar-refractivity contribution in [2.24, 2.45) is 0 Å². The average molecular weight is 528 g/mol. The van der Waals surface area contributed by atoms with E-state index in [9.17, 15) is 65.9 Å². The molecule has 1 aliphatic heterocycles. The molecule has 0 amide bonds. The SMILES string of the molecule is FCC(F)(F)C(F)(F)OB1OB(OC(F)(F)C(F)(F)CF)OB(OC(F)(F)C(F)(F)CF)O1. The number of rotatable bonds is 12. The van der Waals surface area contributed by atoms with Gasteiger partial charge in [0, 0.05) is 0 Å². The highest BCUT2D eigenvalue weighted by Crippen LogP contribution is 2.41. The molecule has 1 heterocycles. The van der Waals surface area contributed by atoms with Gasteiger partial charge in [-0.15, -0.1) is 0 Å². The van der Waals surface area contributed by atoms with Gasteiger partial charge >= 0.3 is 58.1 Å². The number of hydrogen-bond acceptors (Lipinski definition) is 6. The molecule has 0 N–H and O–H groups in total. The third-order valence-electron chi connectivity index (χ3n) is 3.18. The lowest BCUT2D eigenvalue weighted by Gasteiger charge is -2.35. The van der Waals surface area contributed by atoms with Crippen LogP contribution >= 0.6 is 0 Å². The van der Waals surface area contributed by atoms with Gasteiger partial charge in [0.05, 0.1) is 0 Å². The van der Waals surface area contributed by atoms with Gasteiger partial charge in [0.1, 0.15) is 0 Å². The quantitative estimate of drug-likeness (QED) is 0.285. The zero-order valence-corrected chi connectivity index (χ0v) is 15.0. The topological polar surface area (TPSA) is 55.4 Å². The van der Waals surface area contributed by atoms with Crippen molar-refractivity contribution in [3.8, 4) is 0 Å². The normalized spacial score (nSPS) is 17.7.